The van der Waals surface area contributed by atoms with Crippen molar-refractivity contribution in [2.45, 2.75) is 126 Å². The lowest BCUT2D eigenvalue weighted by molar-refractivity contribution is -0.358. The monoisotopic (exact) mass is 913 g/mol. The van der Waals surface area contributed by atoms with Gasteiger partial charge in [-0.3, -0.25) is 14.4 Å². The van der Waals surface area contributed by atoms with Crippen molar-refractivity contribution in [2.75, 3.05) is 13.7 Å². The summed E-state index contributed by atoms with van der Waals surface area (Å²) in [5.41, 5.74) is -5.41. The van der Waals surface area contributed by atoms with Gasteiger partial charge in [-0.15, -0.1) is 0 Å². The average Bonchev–Trinajstić information content (AvgIpc) is 3.25. The van der Waals surface area contributed by atoms with Crippen LogP contribution in [0.1, 0.15) is 90.2 Å². The second kappa shape index (κ2) is 18.0. The fourth-order valence-electron chi connectivity index (χ4n) is 11.2. The molecular weight excluding hydrogens is 855 g/mol. The van der Waals surface area contributed by atoms with E-state index in [2.05, 4.69) is 5.32 Å². The van der Waals surface area contributed by atoms with Crippen molar-refractivity contribution < 1.29 is 62.6 Å². The molecule has 348 valence electrons. The molecule has 0 amide bonds. The Kier molecular flexibility index (Phi) is 13.2. The summed E-state index contributed by atoms with van der Waals surface area (Å²) in [6, 6.07) is 25.0. The number of fused-ring (bicyclic) bond motifs is 5. The van der Waals surface area contributed by atoms with Crippen LogP contribution >= 0.6 is 11.8 Å². The Bertz CT molecular complexity index is 2330. The first-order valence-electron chi connectivity index (χ1n) is 21.9. The number of aliphatic hydroxyl groups excluding tert-OH is 1. The summed E-state index contributed by atoms with van der Waals surface area (Å²) in [6.07, 6.45) is -6.88. The Hall–Kier alpha value is -5.06. The fourth-order valence-corrected chi connectivity index (χ4v) is 12.5. The van der Waals surface area contributed by atoms with Crippen LogP contribution in [0.5, 0.6) is 0 Å². The van der Waals surface area contributed by atoms with Crippen molar-refractivity contribution in [3.8, 4) is 0 Å². The van der Waals surface area contributed by atoms with E-state index in [9.17, 15) is 29.4 Å². The Balaban J connectivity index is 1.48. The van der Waals surface area contributed by atoms with E-state index < -0.39 is 112 Å². The summed E-state index contributed by atoms with van der Waals surface area (Å²) in [4.78, 5) is 68.2. The normalized spacial score (nSPS) is 32.6. The molecule has 2 bridgehead atoms. The zero-order valence-electron chi connectivity index (χ0n) is 38.2. The number of esters is 5. The molecule has 12 atom stereocenters. The molecule has 1 saturated heterocycles. The van der Waals surface area contributed by atoms with E-state index >= 15 is 4.79 Å². The molecule has 0 radical (unpaired) electrons. The molecule has 0 unspecified atom stereocenters. The minimum atomic E-state index is -2.25. The van der Waals surface area contributed by atoms with Gasteiger partial charge in [-0.25, -0.2) is 9.59 Å². The van der Waals surface area contributed by atoms with Crippen molar-refractivity contribution in [3.05, 3.63) is 113 Å². The van der Waals surface area contributed by atoms with Gasteiger partial charge < -0.3 is 44.0 Å². The molecule has 1 heterocycles. The summed E-state index contributed by atoms with van der Waals surface area (Å²) in [6.45, 7) is 12.2. The molecule has 65 heavy (non-hydrogen) atoms. The van der Waals surface area contributed by atoms with Gasteiger partial charge in [-0.2, -0.15) is 0 Å². The van der Waals surface area contributed by atoms with E-state index in [0.29, 0.717) is 22.5 Å². The lowest BCUT2D eigenvalue weighted by Crippen LogP contribution is -2.81. The molecule has 0 aromatic heterocycles. The topological polar surface area (TPSA) is 193 Å². The van der Waals surface area contributed by atoms with E-state index in [1.54, 1.807) is 114 Å². The number of aliphatic hydroxyl groups is 2. The SMILES string of the molecule is CN[C@@H](c1ccccc1)[C@](OC(C)=O)(Sc1ccccc1)C(=O)O[C@H]1C[C@@]2(O)[C@@H](OC(=O)c3ccccc3)[C@@H]3[C@]4(OC(C)=O)CO[C@@H]4C[C@H](C)[C@@]3(C)[C@@H](O)[C@H](OC(C)=O)C(=C1C)C2(C)C. The maximum Gasteiger partial charge on any atom is 0.364 e. The number of benzene rings is 3. The molecule has 1 aliphatic heterocycles. The average molecular weight is 914 g/mol. The summed E-state index contributed by atoms with van der Waals surface area (Å²) < 4.78 is 38.0. The Morgan fingerprint density at radius 2 is 1.45 bits per heavy atom. The standard InChI is InChI=1S/C50H59NO13S/c1-28-25-37-48(27-59-37,63-31(4)53)40-43(62-44(56)34-21-15-11-16-22-34)49(58)26-36(29(2)38(46(49,6)7)39(60-30(3)52)42(55)47(28,40)8)61-45(57)50(64-32(5)54,65-35-23-17-12-18-24-35)41(51-9)33-19-13-10-14-20-33/h10-24,28,36-37,39-43,51,55,58H,25-27H2,1-9H3/t28-,36-,37+,39+,40-,41-,42-,43-,47+,48-,49+,50-/m0/s1. The van der Waals surface area contributed by atoms with E-state index in [4.69, 9.17) is 28.4 Å². The highest BCUT2D eigenvalue weighted by Crippen LogP contribution is 2.67. The Morgan fingerprint density at radius 1 is 0.846 bits per heavy atom. The highest BCUT2D eigenvalue weighted by atomic mass is 32.2. The second-order valence-electron chi connectivity index (χ2n) is 18.5. The van der Waals surface area contributed by atoms with Gasteiger partial charge in [-0.1, -0.05) is 106 Å². The molecule has 2 saturated carbocycles. The third kappa shape index (κ3) is 8.06. The number of carbonyl (C=O) groups is 5. The molecule has 4 aliphatic rings. The number of hydrogen-bond donors (Lipinski definition) is 3. The van der Waals surface area contributed by atoms with Gasteiger partial charge in [0.05, 0.1) is 24.1 Å². The van der Waals surface area contributed by atoms with E-state index in [1.165, 1.54) is 20.8 Å². The van der Waals surface area contributed by atoms with Crippen LogP contribution in [0.25, 0.3) is 0 Å². The first-order chi connectivity index (χ1) is 30.7. The van der Waals surface area contributed by atoms with Crippen LogP contribution < -0.4 is 5.32 Å². The predicted molar refractivity (Wildman–Crippen MR) is 238 cm³/mol. The lowest BCUT2D eigenvalue weighted by atomic mass is 9.43. The molecule has 14 nitrogen and oxygen atoms in total. The van der Waals surface area contributed by atoms with Crippen molar-refractivity contribution >= 4 is 41.6 Å². The third-order valence-corrected chi connectivity index (χ3v) is 15.8. The maximum atomic E-state index is 15.5. The number of rotatable bonds is 12. The summed E-state index contributed by atoms with van der Waals surface area (Å²) in [5.74, 6) is -5.67. The Labute approximate surface area is 383 Å². The second-order valence-corrected chi connectivity index (χ2v) is 19.8. The van der Waals surface area contributed by atoms with Crippen LogP contribution in [0.2, 0.25) is 0 Å². The smallest absolute Gasteiger partial charge is 0.364 e. The van der Waals surface area contributed by atoms with Gasteiger partial charge in [-0.05, 0) is 67.3 Å². The maximum absolute atomic E-state index is 15.5. The predicted octanol–water partition coefficient (Wildman–Crippen LogP) is 6.28. The first-order valence-corrected chi connectivity index (χ1v) is 22.7. The van der Waals surface area contributed by atoms with Crippen molar-refractivity contribution in [1.82, 2.24) is 5.32 Å². The van der Waals surface area contributed by atoms with Gasteiger partial charge in [0, 0.05) is 42.9 Å². The molecule has 3 fully saturated rings. The summed E-state index contributed by atoms with van der Waals surface area (Å²) in [5, 5.41) is 30.4. The molecule has 0 spiro atoms. The Morgan fingerprint density at radius 3 is 1.98 bits per heavy atom. The zero-order valence-corrected chi connectivity index (χ0v) is 39.0. The largest absolute Gasteiger partial charge is 0.455 e. The number of hydrogen-bond acceptors (Lipinski definition) is 15. The van der Waals surface area contributed by atoms with Crippen LogP contribution in [0, 0.1) is 22.7 Å². The molecule has 3 aliphatic carbocycles. The van der Waals surface area contributed by atoms with Crippen molar-refractivity contribution in [2.24, 2.45) is 22.7 Å². The minimum Gasteiger partial charge on any atom is -0.455 e. The molecule has 7 rings (SSSR count). The van der Waals surface area contributed by atoms with Crippen LogP contribution in [0.4, 0.5) is 0 Å². The van der Waals surface area contributed by atoms with Gasteiger partial charge in [0.1, 0.15) is 30.0 Å². The number of nitrogens with one attached hydrogen (secondary N) is 1. The highest BCUT2D eigenvalue weighted by Gasteiger charge is 2.77. The van der Waals surface area contributed by atoms with Gasteiger partial charge in [0.25, 0.3) is 4.93 Å². The summed E-state index contributed by atoms with van der Waals surface area (Å²) >= 11 is 0.962. The van der Waals surface area contributed by atoms with E-state index in [1.807, 2.05) is 19.1 Å². The number of likely N-dealkylation sites (N-methyl/N-ethyl adjacent to an activating group) is 1. The molecule has 15 heteroatoms. The van der Waals surface area contributed by atoms with Crippen LogP contribution in [0.15, 0.2) is 107 Å². The fraction of sp³-hybridized carbons (Fsp3) is 0.500. The van der Waals surface area contributed by atoms with Crippen molar-refractivity contribution in [3.63, 3.8) is 0 Å². The molecular formula is C50H59NO13S. The summed E-state index contributed by atoms with van der Waals surface area (Å²) in [7, 11) is 1.63. The molecule has 3 aromatic carbocycles. The number of ether oxygens (including phenoxy) is 6. The number of carbonyl (C=O) groups excluding carboxylic acids is 5. The first kappa shape index (κ1) is 47.9. The number of thioether (sulfide) groups is 1. The van der Waals surface area contributed by atoms with E-state index in [-0.39, 0.29) is 17.7 Å². The third-order valence-electron chi connectivity index (χ3n) is 14.5. The van der Waals surface area contributed by atoms with Gasteiger partial charge in [0.15, 0.2) is 11.7 Å². The lowest BCUT2D eigenvalue weighted by Gasteiger charge is -2.69. The minimum absolute atomic E-state index is 0.155. The zero-order chi connectivity index (χ0) is 47.3. The van der Waals surface area contributed by atoms with E-state index in [0.717, 1.165) is 11.8 Å². The van der Waals surface area contributed by atoms with Crippen molar-refractivity contribution in [1.29, 1.82) is 0 Å². The van der Waals surface area contributed by atoms with Crippen LogP contribution in [-0.4, -0.2) is 100 Å². The van der Waals surface area contributed by atoms with Gasteiger partial charge in [0.2, 0.25) is 0 Å². The highest BCUT2D eigenvalue weighted by molar-refractivity contribution is 8.01. The van der Waals surface area contributed by atoms with Gasteiger partial charge >= 0.3 is 29.8 Å². The van der Waals surface area contributed by atoms with Crippen LogP contribution in [0.3, 0.4) is 0 Å². The molecule has 3 N–H and O–H groups in total. The quantitative estimate of drug-likeness (QED) is 0.0604. The molecule has 3 aromatic rings. The van der Waals surface area contributed by atoms with Crippen LogP contribution in [-0.2, 0) is 47.6 Å².